The van der Waals surface area contributed by atoms with Gasteiger partial charge in [-0.1, -0.05) is 17.7 Å². The molecule has 4 nitrogen and oxygen atoms in total. The summed E-state index contributed by atoms with van der Waals surface area (Å²) < 4.78 is 0. The molecule has 5 heteroatoms. The Morgan fingerprint density at radius 3 is 2.68 bits per heavy atom. The topological polar surface area (TPSA) is 70.4 Å². The van der Waals surface area contributed by atoms with Crippen molar-refractivity contribution in [2.75, 3.05) is 0 Å². The lowest BCUT2D eigenvalue weighted by Gasteiger charge is -2.26. The van der Waals surface area contributed by atoms with Crippen molar-refractivity contribution in [1.29, 1.82) is 0 Å². The van der Waals surface area contributed by atoms with E-state index in [0.717, 1.165) is 0 Å². The first-order chi connectivity index (χ1) is 8.85. The molecule has 100 valence electrons. The molecule has 0 aliphatic carbocycles. The molecular weight excluding hydrogens is 266 g/mol. The van der Waals surface area contributed by atoms with E-state index in [1.165, 1.54) is 13.8 Å². The molecule has 2 rings (SSSR count). The molecule has 19 heavy (non-hydrogen) atoms. The van der Waals surface area contributed by atoms with Gasteiger partial charge in [-0.25, -0.2) is 0 Å². The number of hydrogen-bond acceptors (Lipinski definition) is 3. The first-order valence-electron chi connectivity index (χ1n) is 5.80. The molecule has 2 N–H and O–H groups in total. The van der Waals surface area contributed by atoms with E-state index in [1.807, 2.05) is 0 Å². The number of carboxylic acid groups (broad SMARTS) is 1. The fourth-order valence-electron chi connectivity index (χ4n) is 1.89. The van der Waals surface area contributed by atoms with Crippen LogP contribution >= 0.6 is 11.6 Å². The lowest BCUT2D eigenvalue weighted by Crippen LogP contribution is -2.31. The largest absolute Gasteiger partial charge is 0.481 e. The van der Waals surface area contributed by atoms with Crippen molar-refractivity contribution < 1.29 is 15.0 Å². The van der Waals surface area contributed by atoms with Crippen LogP contribution in [-0.2, 0) is 4.79 Å². The molecule has 0 radical (unpaired) electrons. The summed E-state index contributed by atoms with van der Waals surface area (Å²) in [6.07, 6.45) is 0.419. The first-order valence-corrected chi connectivity index (χ1v) is 6.18. The molecule has 2 aromatic rings. The second-order valence-corrected chi connectivity index (χ2v) is 5.37. The van der Waals surface area contributed by atoms with E-state index in [0.29, 0.717) is 21.5 Å². The fourth-order valence-corrected chi connectivity index (χ4v) is 2.10. The van der Waals surface area contributed by atoms with E-state index in [9.17, 15) is 15.0 Å². The van der Waals surface area contributed by atoms with Crippen molar-refractivity contribution in [3.05, 3.63) is 41.0 Å². The summed E-state index contributed by atoms with van der Waals surface area (Å²) >= 11 is 6.07. The molecule has 1 atom stereocenters. The molecule has 1 aromatic heterocycles. The van der Waals surface area contributed by atoms with Crippen LogP contribution in [0.2, 0.25) is 5.02 Å². The zero-order valence-corrected chi connectivity index (χ0v) is 11.3. The van der Waals surface area contributed by atoms with Gasteiger partial charge in [-0.3, -0.25) is 9.78 Å². The normalized spacial score (nSPS) is 13.5. The zero-order chi connectivity index (χ0) is 14.2. The SMILES string of the molecule is CC(C)(C(=O)O)C(O)c1ccc(Cl)c2cccnc12. The predicted octanol–water partition coefficient (Wildman–Crippen LogP) is 3.03. The molecule has 0 amide bonds. The number of aliphatic hydroxyl groups excluding tert-OH is 1. The van der Waals surface area contributed by atoms with Crippen LogP contribution in [0.3, 0.4) is 0 Å². The molecule has 0 aliphatic rings. The highest BCUT2D eigenvalue weighted by molar-refractivity contribution is 6.35. The van der Waals surface area contributed by atoms with Crippen molar-refractivity contribution in [2.24, 2.45) is 5.41 Å². The highest BCUT2D eigenvalue weighted by atomic mass is 35.5. The predicted molar refractivity (Wildman–Crippen MR) is 73.1 cm³/mol. The number of pyridine rings is 1. The van der Waals surface area contributed by atoms with Crippen LogP contribution in [0.5, 0.6) is 0 Å². The zero-order valence-electron chi connectivity index (χ0n) is 10.6. The monoisotopic (exact) mass is 279 g/mol. The Kier molecular flexibility index (Phi) is 3.47. The summed E-state index contributed by atoms with van der Waals surface area (Å²) in [5, 5.41) is 20.8. The number of rotatable bonds is 3. The summed E-state index contributed by atoms with van der Waals surface area (Å²) in [6, 6.07) is 6.79. The quantitative estimate of drug-likeness (QED) is 0.906. The lowest BCUT2D eigenvalue weighted by atomic mass is 9.82. The van der Waals surface area contributed by atoms with Gasteiger partial charge < -0.3 is 10.2 Å². The van der Waals surface area contributed by atoms with E-state index < -0.39 is 17.5 Å². The molecule has 0 fully saturated rings. The molecule has 1 heterocycles. The van der Waals surface area contributed by atoms with E-state index >= 15 is 0 Å². The van der Waals surface area contributed by atoms with Crippen LogP contribution in [0.15, 0.2) is 30.5 Å². The smallest absolute Gasteiger partial charge is 0.312 e. The van der Waals surface area contributed by atoms with Crippen molar-refractivity contribution in [1.82, 2.24) is 4.98 Å². The van der Waals surface area contributed by atoms with Gasteiger partial charge >= 0.3 is 5.97 Å². The number of carboxylic acids is 1. The molecule has 0 spiro atoms. The molecule has 0 saturated carbocycles. The number of nitrogens with zero attached hydrogens (tertiary/aromatic N) is 1. The summed E-state index contributed by atoms with van der Waals surface area (Å²) in [7, 11) is 0. The number of aliphatic hydroxyl groups is 1. The first kappa shape index (κ1) is 13.8. The second kappa shape index (κ2) is 4.79. The second-order valence-electron chi connectivity index (χ2n) is 4.97. The van der Waals surface area contributed by atoms with Crippen molar-refractivity contribution >= 4 is 28.5 Å². The van der Waals surface area contributed by atoms with E-state index in [4.69, 9.17) is 11.6 Å². The van der Waals surface area contributed by atoms with Crippen molar-refractivity contribution in [3.63, 3.8) is 0 Å². The van der Waals surface area contributed by atoms with Crippen LogP contribution < -0.4 is 0 Å². The third-order valence-electron chi connectivity index (χ3n) is 3.28. The van der Waals surface area contributed by atoms with Gasteiger partial charge in [-0.2, -0.15) is 0 Å². The minimum absolute atomic E-state index is 0.465. The Balaban J connectivity index is 2.64. The third-order valence-corrected chi connectivity index (χ3v) is 3.61. The minimum atomic E-state index is -1.31. The van der Waals surface area contributed by atoms with E-state index in [1.54, 1.807) is 30.5 Å². The molecular formula is C14H14ClNO3. The summed E-state index contributed by atoms with van der Waals surface area (Å²) in [5.74, 6) is -1.07. The molecule has 1 unspecified atom stereocenters. The average Bonchev–Trinajstić information content (AvgIpc) is 2.38. The van der Waals surface area contributed by atoms with Crippen LogP contribution in [0.4, 0.5) is 0 Å². The number of aliphatic carboxylic acids is 1. The summed E-state index contributed by atoms with van der Waals surface area (Å²) in [4.78, 5) is 15.4. The van der Waals surface area contributed by atoms with Gasteiger partial charge in [0.15, 0.2) is 0 Å². The molecule has 1 aromatic carbocycles. The molecule has 0 saturated heterocycles. The maximum atomic E-state index is 11.2. The number of halogens is 1. The number of fused-ring (bicyclic) bond motifs is 1. The van der Waals surface area contributed by atoms with Crippen LogP contribution in [0.1, 0.15) is 25.5 Å². The number of hydrogen-bond donors (Lipinski definition) is 2. The number of aromatic nitrogens is 1. The van der Waals surface area contributed by atoms with Gasteiger partial charge in [0.1, 0.15) is 0 Å². The Labute approximate surface area is 115 Å². The van der Waals surface area contributed by atoms with Gasteiger partial charge in [-0.05, 0) is 32.0 Å². The van der Waals surface area contributed by atoms with Gasteiger partial charge in [0, 0.05) is 22.2 Å². The average molecular weight is 280 g/mol. The maximum Gasteiger partial charge on any atom is 0.312 e. The minimum Gasteiger partial charge on any atom is -0.481 e. The molecule has 0 bridgehead atoms. The number of benzene rings is 1. The lowest BCUT2D eigenvalue weighted by molar-refractivity contribution is -0.153. The van der Waals surface area contributed by atoms with Crippen LogP contribution in [0, 0.1) is 5.41 Å². The molecule has 0 aliphatic heterocycles. The Morgan fingerprint density at radius 1 is 1.37 bits per heavy atom. The van der Waals surface area contributed by atoms with Crippen molar-refractivity contribution in [2.45, 2.75) is 20.0 Å². The maximum absolute atomic E-state index is 11.2. The Hall–Kier alpha value is -1.65. The van der Waals surface area contributed by atoms with Gasteiger partial charge in [0.05, 0.1) is 17.0 Å². The van der Waals surface area contributed by atoms with E-state index in [2.05, 4.69) is 4.98 Å². The summed E-state index contributed by atoms with van der Waals surface area (Å²) in [5.41, 5.74) is -0.317. The van der Waals surface area contributed by atoms with Gasteiger partial charge in [-0.15, -0.1) is 0 Å². The summed E-state index contributed by atoms with van der Waals surface area (Å²) in [6.45, 7) is 2.95. The third kappa shape index (κ3) is 2.29. The van der Waals surface area contributed by atoms with Crippen LogP contribution in [0.25, 0.3) is 10.9 Å². The van der Waals surface area contributed by atoms with E-state index in [-0.39, 0.29) is 0 Å². The fraction of sp³-hybridized carbons (Fsp3) is 0.286. The highest BCUT2D eigenvalue weighted by Gasteiger charge is 2.37. The highest BCUT2D eigenvalue weighted by Crippen LogP contribution is 2.37. The van der Waals surface area contributed by atoms with Crippen molar-refractivity contribution in [3.8, 4) is 0 Å². The van der Waals surface area contributed by atoms with Gasteiger partial charge in [0.25, 0.3) is 0 Å². The Morgan fingerprint density at radius 2 is 2.05 bits per heavy atom. The number of carbonyl (C=O) groups is 1. The van der Waals surface area contributed by atoms with Crippen LogP contribution in [-0.4, -0.2) is 21.2 Å². The standard InChI is InChI=1S/C14H14ClNO3/c1-14(2,13(18)19)12(17)9-5-6-10(15)8-4-3-7-16-11(8)9/h3-7,12,17H,1-2H3,(H,18,19). The Bertz CT molecular complexity index is 640. The van der Waals surface area contributed by atoms with Gasteiger partial charge in [0.2, 0.25) is 0 Å².